The number of benzene rings is 1. The zero-order valence-electron chi connectivity index (χ0n) is 11.8. The first-order valence-electron chi connectivity index (χ1n) is 7.72. The van der Waals surface area contributed by atoms with Gasteiger partial charge in [-0.2, -0.15) is 0 Å². The van der Waals surface area contributed by atoms with E-state index in [0.29, 0.717) is 0 Å². The Kier molecular flexibility index (Phi) is 5.57. The zero-order chi connectivity index (χ0) is 12.6. The molecule has 1 aliphatic rings. The van der Waals surface area contributed by atoms with E-state index in [0.717, 1.165) is 5.92 Å². The lowest BCUT2D eigenvalue weighted by molar-refractivity contribution is 0.458. The number of fused-ring (bicyclic) bond motifs is 1. The maximum Gasteiger partial charge on any atom is 0.0372 e. The summed E-state index contributed by atoms with van der Waals surface area (Å²) in [6, 6.07) is 8.76. The molecule has 0 fully saturated rings. The summed E-state index contributed by atoms with van der Waals surface area (Å²) in [7, 11) is 0. The van der Waals surface area contributed by atoms with Crippen molar-refractivity contribution in [1.29, 1.82) is 0 Å². The SMILES string of the molecule is CCCCCCCCC1CNc2ccccc2C1. The maximum atomic E-state index is 3.57. The smallest absolute Gasteiger partial charge is 0.0372 e. The lowest BCUT2D eigenvalue weighted by atomic mass is 9.89. The molecule has 0 aromatic heterocycles. The largest absolute Gasteiger partial charge is 0.385 e. The third kappa shape index (κ3) is 4.04. The second kappa shape index (κ2) is 7.45. The van der Waals surface area contributed by atoms with Gasteiger partial charge in [-0.3, -0.25) is 0 Å². The van der Waals surface area contributed by atoms with E-state index in [-0.39, 0.29) is 0 Å². The topological polar surface area (TPSA) is 12.0 Å². The minimum atomic E-state index is 0.853. The number of para-hydroxylation sites is 1. The van der Waals surface area contributed by atoms with E-state index >= 15 is 0 Å². The van der Waals surface area contributed by atoms with Crippen molar-refractivity contribution in [3.05, 3.63) is 29.8 Å². The van der Waals surface area contributed by atoms with Gasteiger partial charge in [-0.15, -0.1) is 0 Å². The van der Waals surface area contributed by atoms with Crippen LogP contribution in [0.4, 0.5) is 5.69 Å². The minimum absolute atomic E-state index is 0.853. The van der Waals surface area contributed by atoms with Crippen LogP contribution >= 0.6 is 0 Å². The van der Waals surface area contributed by atoms with Crippen molar-refractivity contribution >= 4 is 5.69 Å². The predicted octanol–water partition coefficient (Wildman–Crippen LogP) is 5.02. The molecule has 0 saturated heterocycles. The van der Waals surface area contributed by atoms with Crippen molar-refractivity contribution in [1.82, 2.24) is 0 Å². The third-order valence-electron chi connectivity index (χ3n) is 4.07. The molecule has 100 valence electrons. The number of hydrogen-bond donors (Lipinski definition) is 1. The lowest BCUT2D eigenvalue weighted by Crippen LogP contribution is -2.22. The van der Waals surface area contributed by atoms with Crippen LogP contribution in [0.5, 0.6) is 0 Å². The molecule has 0 spiro atoms. The number of rotatable bonds is 7. The second-order valence-electron chi connectivity index (χ2n) is 5.66. The molecule has 0 bridgehead atoms. The van der Waals surface area contributed by atoms with E-state index in [4.69, 9.17) is 0 Å². The number of nitrogens with one attached hydrogen (secondary N) is 1. The quantitative estimate of drug-likeness (QED) is 0.665. The summed E-state index contributed by atoms with van der Waals surface area (Å²) in [5.41, 5.74) is 2.87. The van der Waals surface area contributed by atoms with Gasteiger partial charge in [0.25, 0.3) is 0 Å². The highest BCUT2D eigenvalue weighted by molar-refractivity contribution is 5.53. The van der Waals surface area contributed by atoms with Gasteiger partial charge >= 0.3 is 0 Å². The van der Waals surface area contributed by atoms with Crippen LogP contribution in [-0.2, 0) is 6.42 Å². The Bertz CT molecular complexity index is 345. The highest BCUT2D eigenvalue weighted by Gasteiger charge is 2.16. The van der Waals surface area contributed by atoms with Crippen molar-refractivity contribution in [3.63, 3.8) is 0 Å². The van der Waals surface area contributed by atoms with E-state index in [1.165, 1.54) is 69.2 Å². The van der Waals surface area contributed by atoms with Gasteiger partial charge in [0.15, 0.2) is 0 Å². The molecule has 1 aromatic carbocycles. The average molecular weight is 245 g/mol. The van der Waals surface area contributed by atoms with Crippen LogP contribution in [0, 0.1) is 5.92 Å². The van der Waals surface area contributed by atoms with E-state index in [9.17, 15) is 0 Å². The summed E-state index contributed by atoms with van der Waals surface area (Å²) in [4.78, 5) is 0. The molecule has 1 nitrogen and oxygen atoms in total. The van der Waals surface area contributed by atoms with Gasteiger partial charge in [-0.25, -0.2) is 0 Å². The molecule has 0 radical (unpaired) electrons. The van der Waals surface area contributed by atoms with Crippen LogP contribution in [0.3, 0.4) is 0 Å². The van der Waals surface area contributed by atoms with Crippen LogP contribution in [0.25, 0.3) is 0 Å². The van der Waals surface area contributed by atoms with Gasteiger partial charge in [0.1, 0.15) is 0 Å². The lowest BCUT2D eigenvalue weighted by Gasteiger charge is -2.26. The van der Waals surface area contributed by atoms with Crippen molar-refractivity contribution in [3.8, 4) is 0 Å². The van der Waals surface area contributed by atoms with Gasteiger partial charge in [0.2, 0.25) is 0 Å². The molecule has 1 aliphatic heterocycles. The summed E-state index contributed by atoms with van der Waals surface area (Å²) in [6.45, 7) is 3.46. The molecule has 1 aromatic rings. The van der Waals surface area contributed by atoms with Crippen molar-refractivity contribution in [2.45, 2.75) is 58.3 Å². The molecule has 2 rings (SSSR count). The predicted molar refractivity (Wildman–Crippen MR) is 80.1 cm³/mol. The molecule has 0 aliphatic carbocycles. The maximum absolute atomic E-state index is 3.57. The number of unbranched alkanes of at least 4 members (excludes halogenated alkanes) is 5. The van der Waals surface area contributed by atoms with Crippen LogP contribution in [-0.4, -0.2) is 6.54 Å². The first-order chi connectivity index (χ1) is 8.90. The van der Waals surface area contributed by atoms with Gasteiger partial charge in [-0.1, -0.05) is 63.6 Å². The molecule has 0 amide bonds. The summed E-state index contributed by atoms with van der Waals surface area (Å²) in [6.07, 6.45) is 11.1. The Hall–Kier alpha value is -0.980. The fourth-order valence-electron chi connectivity index (χ4n) is 2.93. The van der Waals surface area contributed by atoms with Gasteiger partial charge in [0, 0.05) is 12.2 Å². The van der Waals surface area contributed by atoms with Gasteiger partial charge < -0.3 is 5.32 Å². The van der Waals surface area contributed by atoms with E-state index in [1.807, 2.05) is 0 Å². The molecule has 1 heteroatoms. The van der Waals surface area contributed by atoms with Crippen molar-refractivity contribution in [2.24, 2.45) is 5.92 Å². The third-order valence-corrected chi connectivity index (χ3v) is 4.07. The Morgan fingerprint density at radius 2 is 1.83 bits per heavy atom. The highest BCUT2D eigenvalue weighted by atomic mass is 14.9. The molecule has 18 heavy (non-hydrogen) atoms. The molecule has 1 unspecified atom stereocenters. The van der Waals surface area contributed by atoms with E-state index in [1.54, 1.807) is 0 Å². The molecule has 1 N–H and O–H groups in total. The van der Waals surface area contributed by atoms with E-state index < -0.39 is 0 Å². The normalized spacial score (nSPS) is 18.2. The van der Waals surface area contributed by atoms with Gasteiger partial charge in [-0.05, 0) is 30.4 Å². The number of hydrogen-bond acceptors (Lipinski definition) is 1. The molecular weight excluding hydrogens is 218 g/mol. The zero-order valence-corrected chi connectivity index (χ0v) is 11.8. The summed E-state index contributed by atoms with van der Waals surface area (Å²) in [5, 5.41) is 3.57. The summed E-state index contributed by atoms with van der Waals surface area (Å²) < 4.78 is 0. The Morgan fingerprint density at radius 1 is 1.06 bits per heavy atom. The number of anilines is 1. The van der Waals surface area contributed by atoms with Crippen molar-refractivity contribution in [2.75, 3.05) is 11.9 Å². The Morgan fingerprint density at radius 3 is 2.72 bits per heavy atom. The Balaban J connectivity index is 1.64. The van der Waals surface area contributed by atoms with Crippen LogP contribution in [0.2, 0.25) is 0 Å². The van der Waals surface area contributed by atoms with Crippen LogP contribution < -0.4 is 5.32 Å². The summed E-state index contributed by atoms with van der Waals surface area (Å²) >= 11 is 0. The summed E-state index contributed by atoms with van der Waals surface area (Å²) in [5.74, 6) is 0.853. The minimum Gasteiger partial charge on any atom is -0.385 e. The molecule has 1 heterocycles. The fraction of sp³-hybridized carbons (Fsp3) is 0.647. The average Bonchev–Trinajstić information content (AvgIpc) is 2.42. The first kappa shape index (κ1) is 13.5. The highest BCUT2D eigenvalue weighted by Crippen LogP contribution is 2.27. The van der Waals surface area contributed by atoms with Crippen LogP contribution in [0.1, 0.15) is 57.4 Å². The molecular formula is C17H27N. The van der Waals surface area contributed by atoms with E-state index in [2.05, 4.69) is 36.5 Å². The standard InChI is InChI=1S/C17H27N/c1-2-3-4-5-6-7-10-15-13-16-11-8-9-12-17(16)18-14-15/h8-9,11-12,15,18H,2-7,10,13-14H2,1H3. The van der Waals surface area contributed by atoms with Gasteiger partial charge in [0.05, 0.1) is 0 Å². The monoisotopic (exact) mass is 245 g/mol. The fourth-order valence-corrected chi connectivity index (χ4v) is 2.93. The Labute approximate surface area is 112 Å². The molecule has 0 saturated carbocycles. The molecule has 1 atom stereocenters. The van der Waals surface area contributed by atoms with Crippen LogP contribution in [0.15, 0.2) is 24.3 Å². The van der Waals surface area contributed by atoms with Crippen molar-refractivity contribution < 1.29 is 0 Å². The second-order valence-corrected chi connectivity index (χ2v) is 5.66. The first-order valence-corrected chi connectivity index (χ1v) is 7.72.